The van der Waals surface area contributed by atoms with Gasteiger partial charge in [-0.3, -0.25) is 0 Å². The van der Waals surface area contributed by atoms with E-state index in [2.05, 4.69) is 24.0 Å². The van der Waals surface area contributed by atoms with Crippen LogP contribution in [0.5, 0.6) is 5.75 Å². The van der Waals surface area contributed by atoms with Gasteiger partial charge in [0.2, 0.25) is 0 Å². The molecule has 21 heavy (non-hydrogen) atoms. The Kier molecular flexibility index (Phi) is 4.25. The molecule has 1 atom stereocenters. The number of aromatic nitrogens is 1. The molecular formula is C17H22N2O2. The summed E-state index contributed by atoms with van der Waals surface area (Å²) in [6.45, 7) is 4.83. The standard InChI is InChI=1S/C17H22N2O2/c1-3-4-15-12-19(9-10-21-15)17-8-5-13-11-14(20-2)6-7-16(13)18-17/h5-8,11,15H,3-4,9-10,12H2,1-2H3. The first-order valence-corrected chi connectivity index (χ1v) is 7.61. The van der Waals surface area contributed by atoms with E-state index in [4.69, 9.17) is 14.5 Å². The van der Waals surface area contributed by atoms with Gasteiger partial charge in [0.15, 0.2) is 0 Å². The number of ether oxygens (including phenoxy) is 2. The molecule has 4 heteroatoms. The summed E-state index contributed by atoms with van der Waals surface area (Å²) in [6.07, 6.45) is 2.60. The van der Waals surface area contributed by atoms with Gasteiger partial charge in [0, 0.05) is 18.5 Å². The zero-order valence-corrected chi connectivity index (χ0v) is 12.7. The lowest BCUT2D eigenvalue weighted by Crippen LogP contribution is -2.42. The number of anilines is 1. The minimum atomic E-state index is 0.331. The van der Waals surface area contributed by atoms with Gasteiger partial charge in [0.05, 0.1) is 25.3 Å². The maximum absolute atomic E-state index is 5.80. The minimum absolute atomic E-state index is 0.331. The van der Waals surface area contributed by atoms with Crippen molar-refractivity contribution >= 4 is 16.7 Å². The maximum Gasteiger partial charge on any atom is 0.129 e. The number of methoxy groups -OCH3 is 1. The van der Waals surface area contributed by atoms with E-state index in [9.17, 15) is 0 Å². The van der Waals surface area contributed by atoms with Crippen LogP contribution in [0.4, 0.5) is 5.82 Å². The van der Waals surface area contributed by atoms with Crippen molar-refractivity contribution in [1.29, 1.82) is 0 Å². The Morgan fingerprint density at radius 3 is 3.05 bits per heavy atom. The Hall–Kier alpha value is -1.81. The number of pyridine rings is 1. The monoisotopic (exact) mass is 286 g/mol. The van der Waals surface area contributed by atoms with E-state index in [-0.39, 0.29) is 0 Å². The number of nitrogens with zero attached hydrogens (tertiary/aromatic N) is 2. The number of hydrogen-bond acceptors (Lipinski definition) is 4. The second-order valence-electron chi connectivity index (χ2n) is 5.46. The molecule has 0 spiro atoms. The fourth-order valence-electron chi connectivity index (χ4n) is 2.82. The molecule has 0 aliphatic carbocycles. The van der Waals surface area contributed by atoms with Crippen LogP contribution in [0, 0.1) is 0 Å². The van der Waals surface area contributed by atoms with Gasteiger partial charge >= 0.3 is 0 Å². The fraction of sp³-hybridized carbons (Fsp3) is 0.471. The quantitative estimate of drug-likeness (QED) is 0.864. The summed E-state index contributed by atoms with van der Waals surface area (Å²) in [5.41, 5.74) is 1.01. The van der Waals surface area contributed by atoms with Crippen LogP contribution in [0.2, 0.25) is 0 Å². The lowest BCUT2D eigenvalue weighted by Gasteiger charge is -2.33. The first kappa shape index (κ1) is 14.1. The molecule has 0 amide bonds. The van der Waals surface area contributed by atoms with Crippen molar-refractivity contribution in [3.8, 4) is 5.75 Å². The molecule has 0 N–H and O–H groups in total. The normalized spacial score (nSPS) is 19.0. The Bertz CT molecular complexity index is 613. The molecule has 2 heterocycles. The van der Waals surface area contributed by atoms with Gasteiger partial charge in [-0.15, -0.1) is 0 Å². The molecular weight excluding hydrogens is 264 g/mol. The molecule has 2 aromatic rings. The highest BCUT2D eigenvalue weighted by atomic mass is 16.5. The summed E-state index contributed by atoms with van der Waals surface area (Å²) in [4.78, 5) is 7.11. The number of hydrogen-bond donors (Lipinski definition) is 0. The molecule has 1 saturated heterocycles. The van der Waals surface area contributed by atoms with E-state index in [0.717, 1.165) is 55.0 Å². The van der Waals surface area contributed by atoms with Crippen molar-refractivity contribution in [2.24, 2.45) is 0 Å². The molecule has 4 nitrogen and oxygen atoms in total. The summed E-state index contributed by atoms with van der Waals surface area (Å²) in [7, 11) is 1.69. The van der Waals surface area contributed by atoms with Gasteiger partial charge < -0.3 is 14.4 Å². The fourth-order valence-corrected chi connectivity index (χ4v) is 2.82. The van der Waals surface area contributed by atoms with Crippen LogP contribution in [0.15, 0.2) is 30.3 Å². The van der Waals surface area contributed by atoms with Crippen LogP contribution in [-0.4, -0.2) is 37.9 Å². The molecule has 1 fully saturated rings. The summed E-state index contributed by atoms with van der Waals surface area (Å²) in [6, 6.07) is 10.2. The molecule has 3 rings (SSSR count). The zero-order valence-electron chi connectivity index (χ0n) is 12.7. The molecule has 0 radical (unpaired) electrons. The lowest BCUT2D eigenvalue weighted by atomic mass is 10.1. The second-order valence-corrected chi connectivity index (χ2v) is 5.46. The van der Waals surface area contributed by atoms with Crippen molar-refractivity contribution in [1.82, 2.24) is 4.98 Å². The van der Waals surface area contributed by atoms with Gasteiger partial charge in [0.1, 0.15) is 11.6 Å². The molecule has 0 bridgehead atoms. The van der Waals surface area contributed by atoms with Crippen LogP contribution >= 0.6 is 0 Å². The molecule has 1 unspecified atom stereocenters. The molecule has 0 saturated carbocycles. The van der Waals surface area contributed by atoms with Gasteiger partial charge in [-0.25, -0.2) is 4.98 Å². The van der Waals surface area contributed by atoms with Crippen molar-refractivity contribution in [3.63, 3.8) is 0 Å². The van der Waals surface area contributed by atoms with Gasteiger partial charge in [-0.1, -0.05) is 13.3 Å². The zero-order chi connectivity index (χ0) is 14.7. The van der Waals surface area contributed by atoms with E-state index in [1.807, 2.05) is 18.2 Å². The van der Waals surface area contributed by atoms with Crippen LogP contribution in [-0.2, 0) is 4.74 Å². The Balaban J connectivity index is 1.83. The topological polar surface area (TPSA) is 34.6 Å². The highest BCUT2D eigenvalue weighted by Gasteiger charge is 2.20. The van der Waals surface area contributed by atoms with Gasteiger partial charge in [-0.05, 0) is 36.8 Å². The number of morpholine rings is 1. The Morgan fingerprint density at radius 2 is 2.24 bits per heavy atom. The molecule has 1 aromatic heterocycles. The second kappa shape index (κ2) is 6.31. The summed E-state index contributed by atoms with van der Waals surface area (Å²) in [5.74, 6) is 1.91. The minimum Gasteiger partial charge on any atom is -0.497 e. The average molecular weight is 286 g/mol. The van der Waals surface area contributed by atoms with Crippen LogP contribution in [0.1, 0.15) is 19.8 Å². The number of fused-ring (bicyclic) bond motifs is 1. The molecule has 1 aliphatic heterocycles. The van der Waals surface area contributed by atoms with Gasteiger partial charge in [0.25, 0.3) is 0 Å². The van der Waals surface area contributed by atoms with E-state index in [1.165, 1.54) is 0 Å². The summed E-state index contributed by atoms with van der Waals surface area (Å²) < 4.78 is 11.1. The highest BCUT2D eigenvalue weighted by molar-refractivity contribution is 5.81. The molecule has 1 aromatic carbocycles. The van der Waals surface area contributed by atoms with E-state index in [0.29, 0.717) is 6.10 Å². The molecule has 112 valence electrons. The third-order valence-electron chi connectivity index (χ3n) is 3.96. The highest BCUT2D eigenvalue weighted by Crippen LogP contribution is 2.24. The summed E-state index contributed by atoms with van der Waals surface area (Å²) >= 11 is 0. The number of benzene rings is 1. The van der Waals surface area contributed by atoms with Crippen molar-refractivity contribution in [2.45, 2.75) is 25.9 Å². The first-order chi connectivity index (χ1) is 10.3. The third kappa shape index (κ3) is 3.10. The first-order valence-electron chi connectivity index (χ1n) is 7.61. The SMILES string of the molecule is CCCC1CN(c2ccc3cc(OC)ccc3n2)CCO1. The Labute approximate surface area is 125 Å². The van der Waals surface area contributed by atoms with E-state index >= 15 is 0 Å². The number of rotatable bonds is 4. The Morgan fingerprint density at radius 1 is 1.33 bits per heavy atom. The third-order valence-corrected chi connectivity index (χ3v) is 3.96. The van der Waals surface area contributed by atoms with Crippen LogP contribution in [0.3, 0.4) is 0 Å². The summed E-state index contributed by atoms with van der Waals surface area (Å²) in [5, 5.41) is 1.11. The van der Waals surface area contributed by atoms with Crippen LogP contribution in [0.25, 0.3) is 10.9 Å². The average Bonchev–Trinajstić information content (AvgIpc) is 2.54. The smallest absolute Gasteiger partial charge is 0.129 e. The predicted molar refractivity (Wildman–Crippen MR) is 85.2 cm³/mol. The lowest BCUT2D eigenvalue weighted by molar-refractivity contribution is 0.0346. The van der Waals surface area contributed by atoms with E-state index < -0.39 is 0 Å². The van der Waals surface area contributed by atoms with Crippen molar-refractivity contribution < 1.29 is 9.47 Å². The van der Waals surface area contributed by atoms with Gasteiger partial charge in [-0.2, -0.15) is 0 Å². The van der Waals surface area contributed by atoms with E-state index in [1.54, 1.807) is 7.11 Å². The van der Waals surface area contributed by atoms with Crippen molar-refractivity contribution in [3.05, 3.63) is 30.3 Å². The largest absolute Gasteiger partial charge is 0.497 e. The molecule has 1 aliphatic rings. The van der Waals surface area contributed by atoms with Crippen LogP contribution < -0.4 is 9.64 Å². The predicted octanol–water partition coefficient (Wildman–Crippen LogP) is 3.25. The van der Waals surface area contributed by atoms with Crippen molar-refractivity contribution in [2.75, 3.05) is 31.7 Å². The maximum atomic E-state index is 5.80.